The van der Waals surface area contributed by atoms with E-state index in [-0.39, 0.29) is 5.91 Å². The molecule has 1 amide bonds. The summed E-state index contributed by atoms with van der Waals surface area (Å²) < 4.78 is 5.14. The van der Waals surface area contributed by atoms with Crippen molar-refractivity contribution in [1.82, 2.24) is 0 Å². The maximum atomic E-state index is 12.3. The third-order valence-corrected chi connectivity index (χ3v) is 3.78. The highest BCUT2D eigenvalue weighted by Gasteiger charge is 2.07. The molecule has 0 aliphatic carbocycles. The fourth-order valence-corrected chi connectivity index (χ4v) is 2.40. The minimum atomic E-state index is -0.197. The number of rotatable bonds is 5. The predicted octanol–water partition coefficient (Wildman–Crippen LogP) is 4.56. The molecule has 0 radical (unpaired) electrons. The van der Waals surface area contributed by atoms with Crippen LogP contribution in [0.25, 0.3) is 0 Å². The van der Waals surface area contributed by atoms with Gasteiger partial charge in [-0.25, -0.2) is 0 Å². The largest absolute Gasteiger partial charge is 0.497 e. The average Bonchev–Trinajstić information content (AvgIpc) is 2.70. The van der Waals surface area contributed by atoms with Gasteiger partial charge in [-0.1, -0.05) is 6.07 Å². The zero-order chi connectivity index (χ0) is 18.4. The van der Waals surface area contributed by atoms with Crippen molar-refractivity contribution in [3.63, 3.8) is 0 Å². The van der Waals surface area contributed by atoms with E-state index in [0.29, 0.717) is 22.6 Å². The van der Waals surface area contributed by atoms with Crippen LogP contribution in [0.3, 0.4) is 0 Å². The summed E-state index contributed by atoms with van der Waals surface area (Å²) in [6.45, 7) is 0. The van der Waals surface area contributed by atoms with Crippen molar-refractivity contribution in [2.75, 3.05) is 17.7 Å². The summed E-state index contributed by atoms with van der Waals surface area (Å²) >= 11 is 0. The molecule has 5 heteroatoms. The van der Waals surface area contributed by atoms with Gasteiger partial charge in [0.25, 0.3) is 5.91 Å². The molecule has 0 saturated heterocycles. The summed E-state index contributed by atoms with van der Waals surface area (Å²) in [7, 11) is 1.57. The van der Waals surface area contributed by atoms with Gasteiger partial charge in [0.1, 0.15) is 5.75 Å². The van der Waals surface area contributed by atoms with Crippen LogP contribution >= 0.6 is 0 Å². The standard InChI is InChI=1S/C21H17N3O2/c1-26-20-4-2-3-16(13-20)21(25)24-19-11-9-18(10-12-19)23-17-7-5-15(14-22)6-8-17/h2-13,23H,1H3,(H,24,25). The summed E-state index contributed by atoms with van der Waals surface area (Å²) in [4.78, 5) is 12.3. The van der Waals surface area contributed by atoms with Gasteiger partial charge in [-0.05, 0) is 66.7 Å². The quantitative estimate of drug-likeness (QED) is 0.712. The Hall–Kier alpha value is -3.78. The number of benzene rings is 3. The van der Waals surface area contributed by atoms with Crippen LogP contribution in [0.15, 0.2) is 72.8 Å². The van der Waals surface area contributed by atoms with Crippen molar-refractivity contribution in [1.29, 1.82) is 5.26 Å². The highest BCUT2D eigenvalue weighted by Crippen LogP contribution is 2.20. The number of hydrogen-bond acceptors (Lipinski definition) is 4. The number of methoxy groups -OCH3 is 1. The molecule has 0 spiro atoms. The van der Waals surface area contributed by atoms with Crippen molar-refractivity contribution in [2.24, 2.45) is 0 Å². The molecule has 0 aliphatic heterocycles. The maximum absolute atomic E-state index is 12.3. The molecule has 0 bridgehead atoms. The predicted molar refractivity (Wildman–Crippen MR) is 102 cm³/mol. The van der Waals surface area contributed by atoms with Crippen LogP contribution in [0, 0.1) is 11.3 Å². The van der Waals surface area contributed by atoms with E-state index >= 15 is 0 Å². The van der Waals surface area contributed by atoms with Gasteiger partial charge in [0.2, 0.25) is 0 Å². The van der Waals surface area contributed by atoms with Gasteiger partial charge >= 0.3 is 0 Å². The first-order valence-corrected chi connectivity index (χ1v) is 8.00. The maximum Gasteiger partial charge on any atom is 0.255 e. The van der Waals surface area contributed by atoms with Crippen molar-refractivity contribution < 1.29 is 9.53 Å². The summed E-state index contributed by atoms with van der Waals surface area (Å²) in [6, 6.07) is 23.7. The summed E-state index contributed by atoms with van der Waals surface area (Å²) in [5.41, 5.74) is 3.62. The molecule has 0 heterocycles. The van der Waals surface area contributed by atoms with E-state index in [1.807, 2.05) is 36.4 Å². The van der Waals surface area contributed by atoms with Crippen LogP contribution in [0.1, 0.15) is 15.9 Å². The lowest BCUT2D eigenvalue weighted by atomic mass is 10.2. The number of amides is 1. The van der Waals surface area contributed by atoms with Crippen LogP contribution in [0.4, 0.5) is 17.1 Å². The first-order chi connectivity index (χ1) is 12.7. The van der Waals surface area contributed by atoms with E-state index in [1.54, 1.807) is 43.5 Å². The molecule has 3 aromatic rings. The third kappa shape index (κ3) is 4.19. The monoisotopic (exact) mass is 343 g/mol. The molecule has 26 heavy (non-hydrogen) atoms. The third-order valence-electron chi connectivity index (χ3n) is 3.78. The number of anilines is 3. The highest BCUT2D eigenvalue weighted by atomic mass is 16.5. The van der Waals surface area contributed by atoms with Crippen LogP contribution in [-0.2, 0) is 0 Å². The fourth-order valence-electron chi connectivity index (χ4n) is 2.40. The molecule has 0 saturated carbocycles. The lowest BCUT2D eigenvalue weighted by Gasteiger charge is -2.09. The molecule has 0 aromatic heterocycles. The molecule has 0 fully saturated rings. The number of nitriles is 1. The normalized spacial score (nSPS) is 9.85. The Balaban J connectivity index is 1.65. The van der Waals surface area contributed by atoms with Crippen molar-refractivity contribution in [2.45, 2.75) is 0 Å². The smallest absolute Gasteiger partial charge is 0.255 e. The Kier molecular flexibility index (Phi) is 5.16. The highest BCUT2D eigenvalue weighted by molar-refractivity contribution is 6.04. The molecular weight excluding hydrogens is 326 g/mol. The Labute approximate surface area is 151 Å². The Bertz CT molecular complexity index is 942. The lowest BCUT2D eigenvalue weighted by Crippen LogP contribution is -2.11. The van der Waals surface area contributed by atoms with Crippen molar-refractivity contribution in [3.05, 3.63) is 83.9 Å². The second-order valence-electron chi connectivity index (χ2n) is 5.58. The van der Waals surface area contributed by atoms with Gasteiger partial charge in [-0.3, -0.25) is 4.79 Å². The van der Waals surface area contributed by atoms with E-state index in [4.69, 9.17) is 10.00 Å². The van der Waals surface area contributed by atoms with Gasteiger partial charge in [-0.2, -0.15) is 5.26 Å². The van der Waals surface area contributed by atoms with Crippen LogP contribution in [-0.4, -0.2) is 13.0 Å². The molecule has 0 aliphatic rings. The van der Waals surface area contributed by atoms with Gasteiger partial charge in [0.05, 0.1) is 18.7 Å². The Morgan fingerprint density at radius 2 is 1.54 bits per heavy atom. The number of nitrogens with one attached hydrogen (secondary N) is 2. The van der Waals surface area contributed by atoms with E-state index in [1.165, 1.54) is 0 Å². The SMILES string of the molecule is COc1cccc(C(=O)Nc2ccc(Nc3ccc(C#N)cc3)cc2)c1. The van der Waals surface area contributed by atoms with E-state index in [2.05, 4.69) is 16.7 Å². The number of nitrogens with zero attached hydrogens (tertiary/aromatic N) is 1. The molecule has 5 nitrogen and oxygen atoms in total. The molecular formula is C21H17N3O2. The molecule has 2 N–H and O–H groups in total. The van der Waals surface area contributed by atoms with Crippen molar-refractivity contribution >= 4 is 23.0 Å². The van der Waals surface area contributed by atoms with Gasteiger partial charge in [-0.15, -0.1) is 0 Å². The van der Waals surface area contributed by atoms with Crippen LogP contribution < -0.4 is 15.4 Å². The molecule has 3 aromatic carbocycles. The number of carbonyl (C=O) groups is 1. The second kappa shape index (κ2) is 7.86. The zero-order valence-electron chi connectivity index (χ0n) is 14.2. The minimum absolute atomic E-state index is 0.197. The summed E-state index contributed by atoms with van der Waals surface area (Å²) in [5, 5.41) is 14.9. The average molecular weight is 343 g/mol. The zero-order valence-corrected chi connectivity index (χ0v) is 14.2. The summed E-state index contributed by atoms with van der Waals surface area (Å²) in [5.74, 6) is 0.441. The first kappa shape index (κ1) is 17.1. The van der Waals surface area contributed by atoms with Crippen LogP contribution in [0.2, 0.25) is 0 Å². The minimum Gasteiger partial charge on any atom is -0.497 e. The molecule has 128 valence electrons. The molecule has 3 rings (SSSR count). The van der Waals surface area contributed by atoms with Gasteiger partial charge < -0.3 is 15.4 Å². The fraction of sp³-hybridized carbons (Fsp3) is 0.0476. The topological polar surface area (TPSA) is 74.2 Å². The summed E-state index contributed by atoms with van der Waals surface area (Å²) in [6.07, 6.45) is 0. The second-order valence-corrected chi connectivity index (χ2v) is 5.58. The van der Waals surface area contributed by atoms with Gasteiger partial charge in [0, 0.05) is 22.6 Å². The Morgan fingerprint density at radius 1 is 0.923 bits per heavy atom. The number of carbonyl (C=O) groups excluding carboxylic acids is 1. The van der Waals surface area contributed by atoms with E-state index < -0.39 is 0 Å². The van der Waals surface area contributed by atoms with E-state index in [0.717, 1.165) is 11.4 Å². The van der Waals surface area contributed by atoms with Crippen LogP contribution in [0.5, 0.6) is 5.75 Å². The van der Waals surface area contributed by atoms with Crippen molar-refractivity contribution in [3.8, 4) is 11.8 Å². The van der Waals surface area contributed by atoms with Gasteiger partial charge in [0.15, 0.2) is 0 Å². The van der Waals surface area contributed by atoms with E-state index in [9.17, 15) is 4.79 Å². The lowest BCUT2D eigenvalue weighted by molar-refractivity contribution is 0.102. The number of hydrogen-bond donors (Lipinski definition) is 2. The number of ether oxygens (including phenoxy) is 1. The Morgan fingerprint density at radius 3 is 2.15 bits per heavy atom. The molecule has 0 atom stereocenters. The first-order valence-electron chi connectivity index (χ1n) is 8.00. The molecule has 0 unspecified atom stereocenters.